The number of rotatable bonds is 3. The molecular formula is C15H22N2O2S. The van der Waals surface area contributed by atoms with Crippen LogP contribution in [0.4, 0.5) is 5.69 Å². The second-order valence-corrected chi connectivity index (χ2v) is 8.12. The Bertz CT molecular complexity index is 585. The first-order chi connectivity index (χ1) is 9.63. The van der Waals surface area contributed by atoms with Gasteiger partial charge in [-0.05, 0) is 37.3 Å². The minimum absolute atomic E-state index is 0.0797. The van der Waals surface area contributed by atoms with Gasteiger partial charge in [-0.3, -0.25) is 0 Å². The summed E-state index contributed by atoms with van der Waals surface area (Å²) in [5.74, 6) is 0.323. The average Bonchev–Trinajstić information content (AvgIpc) is 2.80. The van der Waals surface area contributed by atoms with Crippen molar-refractivity contribution < 1.29 is 8.42 Å². The van der Waals surface area contributed by atoms with E-state index in [1.807, 2.05) is 12.1 Å². The number of hydrogen-bond acceptors (Lipinski definition) is 4. The second-order valence-electron chi connectivity index (χ2n) is 5.78. The molecule has 0 amide bonds. The van der Waals surface area contributed by atoms with Gasteiger partial charge >= 0.3 is 0 Å². The molecule has 3 rings (SSSR count). The maximum Gasteiger partial charge on any atom is 0.155 e. The third kappa shape index (κ3) is 2.33. The van der Waals surface area contributed by atoms with Crippen molar-refractivity contribution in [2.45, 2.75) is 37.0 Å². The van der Waals surface area contributed by atoms with Crippen LogP contribution in [0.3, 0.4) is 0 Å². The summed E-state index contributed by atoms with van der Waals surface area (Å²) in [6.45, 7) is 1.31. The number of fused-ring (bicyclic) bond motifs is 1. The lowest BCUT2D eigenvalue weighted by molar-refractivity contribution is 0.513. The Morgan fingerprint density at radius 2 is 2.10 bits per heavy atom. The first-order valence-corrected chi connectivity index (χ1v) is 9.11. The fraction of sp³-hybridized carbons (Fsp3) is 0.600. The molecular weight excluding hydrogens is 272 g/mol. The highest BCUT2D eigenvalue weighted by molar-refractivity contribution is 7.92. The molecule has 1 saturated heterocycles. The molecule has 1 aromatic carbocycles. The van der Waals surface area contributed by atoms with Crippen molar-refractivity contribution in [3.05, 3.63) is 29.8 Å². The van der Waals surface area contributed by atoms with Crippen LogP contribution in [0.5, 0.6) is 0 Å². The maximum absolute atomic E-state index is 12.2. The van der Waals surface area contributed by atoms with Crippen LogP contribution >= 0.6 is 0 Å². The molecule has 0 aromatic heterocycles. The van der Waals surface area contributed by atoms with Crippen molar-refractivity contribution in [1.82, 2.24) is 0 Å². The summed E-state index contributed by atoms with van der Waals surface area (Å²) in [5.41, 5.74) is 8.45. The highest BCUT2D eigenvalue weighted by Gasteiger charge is 2.40. The molecule has 2 N–H and O–H groups in total. The van der Waals surface area contributed by atoms with Gasteiger partial charge in [0.1, 0.15) is 0 Å². The molecule has 0 spiro atoms. The number of hydrogen-bond donors (Lipinski definition) is 1. The molecule has 2 aliphatic rings. The van der Waals surface area contributed by atoms with Crippen molar-refractivity contribution in [2.24, 2.45) is 5.73 Å². The number of sulfone groups is 1. The van der Waals surface area contributed by atoms with Crippen molar-refractivity contribution in [2.75, 3.05) is 23.7 Å². The normalized spacial score (nSPS) is 26.2. The van der Waals surface area contributed by atoms with E-state index in [9.17, 15) is 8.42 Å². The van der Waals surface area contributed by atoms with Crippen LogP contribution in [0, 0.1) is 0 Å². The second kappa shape index (κ2) is 5.37. The molecule has 2 atom stereocenters. The first kappa shape index (κ1) is 13.9. The van der Waals surface area contributed by atoms with Gasteiger partial charge in [-0.15, -0.1) is 0 Å². The SMILES string of the molecule is NCC(C1CCCS1(=O)=O)N1CCCc2ccccc21. The van der Waals surface area contributed by atoms with Crippen LogP contribution in [-0.4, -0.2) is 38.6 Å². The number of nitrogens with two attached hydrogens (primary N) is 1. The minimum Gasteiger partial charge on any atom is -0.366 e. The molecule has 1 fully saturated rings. The standard InChI is InChI=1S/C15H22N2O2S/c16-11-14(15-8-4-10-20(15,18)19)17-9-3-6-12-5-1-2-7-13(12)17/h1-2,5,7,14-15H,3-4,6,8-11,16H2. The topological polar surface area (TPSA) is 63.4 Å². The van der Waals surface area contributed by atoms with Crippen molar-refractivity contribution in [1.29, 1.82) is 0 Å². The lowest BCUT2D eigenvalue weighted by atomic mass is 9.98. The number of anilines is 1. The fourth-order valence-electron chi connectivity index (χ4n) is 3.64. The Balaban J connectivity index is 1.95. The van der Waals surface area contributed by atoms with Gasteiger partial charge in [-0.1, -0.05) is 18.2 Å². The third-order valence-electron chi connectivity index (χ3n) is 4.60. The maximum atomic E-state index is 12.2. The van der Waals surface area contributed by atoms with Gasteiger partial charge in [-0.25, -0.2) is 8.42 Å². The summed E-state index contributed by atoms with van der Waals surface area (Å²) >= 11 is 0. The van der Waals surface area contributed by atoms with Gasteiger partial charge in [0.2, 0.25) is 0 Å². The van der Waals surface area contributed by atoms with E-state index in [2.05, 4.69) is 17.0 Å². The average molecular weight is 294 g/mol. The molecule has 0 saturated carbocycles. The molecule has 0 aliphatic carbocycles. The Labute approximate surface area is 120 Å². The molecule has 2 unspecified atom stereocenters. The highest BCUT2D eigenvalue weighted by Crippen LogP contribution is 2.33. The van der Waals surface area contributed by atoms with E-state index < -0.39 is 9.84 Å². The van der Waals surface area contributed by atoms with Crippen molar-refractivity contribution in [3.8, 4) is 0 Å². The molecule has 2 aliphatic heterocycles. The van der Waals surface area contributed by atoms with E-state index in [1.54, 1.807) is 0 Å². The van der Waals surface area contributed by atoms with E-state index in [0.717, 1.165) is 32.2 Å². The minimum atomic E-state index is -2.97. The summed E-state index contributed by atoms with van der Waals surface area (Å²) in [6, 6.07) is 8.22. The Hall–Kier alpha value is -1.07. The smallest absolute Gasteiger partial charge is 0.155 e. The third-order valence-corrected chi connectivity index (χ3v) is 6.93. The van der Waals surface area contributed by atoms with Gasteiger partial charge in [-0.2, -0.15) is 0 Å². The van der Waals surface area contributed by atoms with Crippen LogP contribution in [-0.2, 0) is 16.3 Å². The molecule has 0 radical (unpaired) electrons. The van der Waals surface area contributed by atoms with Crippen molar-refractivity contribution >= 4 is 15.5 Å². The lowest BCUT2D eigenvalue weighted by Gasteiger charge is -2.39. The molecule has 20 heavy (non-hydrogen) atoms. The van der Waals surface area contributed by atoms with Crippen LogP contribution in [0.15, 0.2) is 24.3 Å². The van der Waals surface area contributed by atoms with Crippen molar-refractivity contribution in [3.63, 3.8) is 0 Å². The molecule has 1 aromatic rings. The number of nitrogens with zero attached hydrogens (tertiary/aromatic N) is 1. The lowest BCUT2D eigenvalue weighted by Crippen LogP contribution is -2.51. The van der Waals surface area contributed by atoms with Gasteiger partial charge in [0.05, 0.1) is 17.0 Å². The van der Waals surface area contributed by atoms with Gasteiger partial charge in [0.25, 0.3) is 0 Å². The highest BCUT2D eigenvalue weighted by atomic mass is 32.2. The summed E-state index contributed by atoms with van der Waals surface area (Å²) < 4.78 is 24.5. The predicted octanol–water partition coefficient (Wildman–Crippen LogP) is 1.34. The van der Waals surface area contributed by atoms with E-state index in [0.29, 0.717) is 12.3 Å². The Morgan fingerprint density at radius 1 is 1.30 bits per heavy atom. The molecule has 0 bridgehead atoms. The van der Waals surface area contributed by atoms with E-state index >= 15 is 0 Å². The quantitative estimate of drug-likeness (QED) is 0.914. The zero-order valence-electron chi connectivity index (χ0n) is 11.7. The van der Waals surface area contributed by atoms with Gasteiger partial charge in [0, 0.05) is 18.8 Å². The monoisotopic (exact) mass is 294 g/mol. The zero-order chi connectivity index (χ0) is 14.2. The van der Waals surface area contributed by atoms with Gasteiger partial charge in [0.15, 0.2) is 9.84 Å². The van der Waals surface area contributed by atoms with E-state index in [4.69, 9.17) is 5.73 Å². The Morgan fingerprint density at radius 3 is 2.80 bits per heavy atom. The Kier molecular flexibility index (Phi) is 3.73. The van der Waals surface area contributed by atoms with E-state index in [-0.39, 0.29) is 11.3 Å². The van der Waals surface area contributed by atoms with Crippen LogP contribution < -0.4 is 10.6 Å². The van der Waals surface area contributed by atoms with Crippen LogP contribution in [0.2, 0.25) is 0 Å². The summed E-state index contributed by atoms with van der Waals surface area (Å²) in [4.78, 5) is 2.24. The van der Waals surface area contributed by atoms with Gasteiger partial charge < -0.3 is 10.6 Å². The first-order valence-electron chi connectivity index (χ1n) is 7.39. The molecule has 2 heterocycles. The summed E-state index contributed by atoms with van der Waals surface area (Å²) in [7, 11) is -2.97. The predicted molar refractivity (Wildman–Crippen MR) is 81.8 cm³/mol. The largest absolute Gasteiger partial charge is 0.366 e. The number of benzene rings is 1. The van der Waals surface area contributed by atoms with E-state index in [1.165, 1.54) is 11.3 Å². The molecule has 4 nitrogen and oxygen atoms in total. The summed E-state index contributed by atoms with van der Waals surface area (Å²) in [6.07, 6.45) is 3.67. The zero-order valence-corrected chi connectivity index (χ0v) is 12.5. The van der Waals surface area contributed by atoms with Crippen LogP contribution in [0.25, 0.3) is 0 Å². The van der Waals surface area contributed by atoms with Crippen LogP contribution in [0.1, 0.15) is 24.8 Å². The molecule has 5 heteroatoms. The molecule has 110 valence electrons. The fourth-order valence-corrected chi connectivity index (χ4v) is 5.77. The number of aryl methyl sites for hydroxylation is 1. The number of para-hydroxylation sites is 1. The summed E-state index contributed by atoms with van der Waals surface area (Å²) in [5, 5.41) is -0.293.